The Morgan fingerprint density at radius 3 is 0.832 bits per heavy atom. The molecule has 0 aliphatic heterocycles. The molecular weight excluding hydrogens is 1310 g/mol. The van der Waals surface area contributed by atoms with Crippen molar-refractivity contribution in [2.24, 2.45) is 0 Å². The predicted octanol–water partition coefficient (Wildman–Crippen LogP) is 23.8. The molecule has 586 valence electrons. The number of carbonyl (C=O) groups is 3. The molecule has 4 N–H and O–H groups in total. The van der Waals surface area contributed by atoms with Gasteiger partial charge in [0.15, 0.2) is 6.10 Å². The molecule has 0 saturated carbocycles. The van der Waals surface area contributed by atoms with Gasteiger partial charge >= 0.3 is 33.6 Å². The van der Waals surface area contributed by atoms with Crippen molar-refractivity contribution >= 4 is 33.6 Å². The van der Waals surface area contributed by atoms with Gasteiger partial charge < -0.3 is 34.2 Å². The molecule has 101 heavy (non-hydrogen) atoms. The van der Waals surface area contributed by atoms with Crippen LogP contribution in [0.15, 0.2) is 97.2 Å². The first-order valence-corrected chi connectivity index (χ1v) is 43.5. The average Bonchev–Trinajstić information content (AvgIpc) is 1.12. The van der Waals surface area contributed by atoms with E-state index in [4.69, 9.17) is 32.3 Å². The van der Waals surface area contributed by atoms with Gasteiger partial charge in [0.1, 0.15) is 25.4 Å². The molecule has 18 heteroatoms. The van der Waals surface area contributed by atoms with Gasteiger partial charge in [-0.15, -0.1) is 0 Å². The summed E-state index contributed by atoms with van der Waals surface area (Å²) in [7, 11) is -9.78. The SMILES string of the molecule is CC/C=C\C/C=C\C/C=C\C/C=C\C/C=C\CCCCCCCCCCCCCCCCCCCC(=O)OCC(O)COP(=O)(O)OCC(O)COP(=O)(O)OCC(COC(=O)CCCCCCCCC/C=C\C/C=C\C/C=C\CC)OC(=O)CCCCCCCCCCCCCCCCC. The van der Waals surface area contributed by atoms with Gasteiger partial charge in [-0.3, -0.25) is 32.5 Å². The first-order valence-electron chi connectivity index (χ1n) is 40.5. The zero-order valence-electron chi connectivity index (χ0n) is 64.1. The summed E-state index contributed by atoms with van der Waals surface area (Å²) in [5.41, 5.74) is 0. The van der Waals surface area contributed by atoms with E-state index in [0.29, 0.717) is 19.3 Å². The molecule has 0 aromatic rings. The molecule has 0 saturated heterocycles. The largest absolute Gasteiger partial charge is 0.472 e. The molecule has 0 aromatic heterocycles. The number of aliphatic hydroxyl groups excluding tert-OH is 2. The second kappa shape index (κ2) is 76.1. The minimum Gasteiger partial charge on any atom is -0.463 e. The number of unbranched alkanes of at least 4 members (excludes halogenated alkanes) is 38. The second-order valence-corrected chi connectivity index (χ2v) is 30.1. The molecule has 0 spiro atoms. The van der Waals surface area contributed by atoms with E-state index in [1.807, 2.05) is 0 Å². The minimum atomic E-state index is -4.93. The summed E-state index contributed by atoms with van der Waals surface area (Å²) in [6, 6.07) is 0. The van der Waals surface area contributed by atoms with Crippen molar-refractivity contribution in [1.82, 2.24) is 0 Å². The fourth-order valence-electron chi connectivity index (χ4n) is 11.2. The summed E-state index contributed by atoms with van der Waals surface area (Å²) in [4.78, 5) is 58.6. The Hall–Kier alpha value is -3.53. The van der Waals surface area contributed by atoms with Crippen molar-refractivity contribution in [1.29, 1.82) is 0 Å². The van der Waals surface area contributed by atoms with Crippen LogP contribution in [0.25, 0.3) is 0 Å². The van der Waals surface area contributed by atoms with Crippen molar-refractivity contribution in [2.45, 2.75) is 373 Å². The van der Waals surface area contributed by atoms with E-state index >= 15 is 0 Å². The number of carbonyl (C=O) groups excluding carboxylic acids is 3. The number of aliphatic hydroxyl groups is 2. The topological polar surface area (TPSA) is 231 Å². The monoisotopic (exact) mass is 1460 g/mol. The maximum atomic E-state index is 13.0. The van der Waals surface area contributed by atoms with Gasteiger partial charge in [-0.25, -0.2) is 9.13 Å². The normalized spacial score (nSPS) is 14.5. The fraction of sp³-hybridized carbons (Fsp3) is 0.771. The van der Waals surface area contributed by atoms with E-state index in [1.165, 1.54) is 154 Å². The Kier molecular flexibility index (Phi) is 73.5. The summed E-state index contributed by atoms with van der Waals surface area (Å²) < 4.78 is 61.2. The van der Waals surface area contributed by atoms with E-state index in [9.17, 15) is 43.5 Å². The third kappa shape index (κ3) is 77.4. The zero-order valence-corrected chi connectivity index (χ0v) is 65.9. The molecule has 0 bridgehead atoms. The van der Waals surface area contributed by atoms with Gasteiger partial charge in [-0.1, -0.05) is 336 Å². The number of rotatable bonds is 77. The van der Waals surface area contributed by atoms with Gasteiger partial charge in [-0.2, -0.15) is 0 Å². The third-order valence-corrected chi connectivity index (χ3v) is 19.2. The quantitative estimate of drug-likeness (QED) is 0.0146. The smallest absolute Gasteiger partial charge is 0.463 e. The molecular formula is C83H148O16P2. The molecule has 5 unspecified atom stereocenters. The summed E-state index contributed by atoms with van der Waals surface area (Å²) >= 11 is 0. The number of hydrogen-bond acceptors (Lipinski definition) is 14. The van der Waals surface area contributed by atoms with Crippen LogP contribution in [0.4, 0.5) is 0 Å². The second-order valence-electron chi connectivity index (χ2n) is 27.2. The van der Waals surface area contributed by atoms with Crippen molar-refractivity contribution in [3.63, 3.8) is 0 Å². The van der Waals surface area contributed by atoms with Gasteiger partial charge in [0.2, 0.25) is 0 Å². The van der Waals surface area contributed by atoms with Crippen LogP contribution in [0, 0.1) is 0 Å². The van der Waals surface area contributed by atoms with Crippen molar-refractivity contribution in [2.75, 3.05) is 39.6 Å². The first kappa shape index (κ1) is 97.5. The molecule has 0 radical (unpaired) electrons. The lowest BCUT2D eigenvalue weighted by atomic mass is 10.0. The van der Waals surface area contributed by atoms with Crippen LogP contribution in [0.2, 0.25) is 0 Å². The van der Waals surface area contributed by atoms with Crippen LogP contribution >= 0.6 is 15.6 Å². The van der Waals surface area contributed by atoms with E-state index in [2.05, 4.69) is 118 Å². The highest BCUT2D eigenvalue weighted by atomic mass is 31.2. The maximum Gasteiger partial charge on any atom is 0.472 e. The average molecular weight is 1460 g/mol. The predicted molar refractivity (Wildman–Crippen MR) is 417 cm³/mol. The van der Waals surface area contributed by atoms with Crippen molar-refractivity contribution < 1.29 is 75.8 Å². The molecule has 0 rings (SSSR count). The van der Waals surface area contributed by atoms with Crippen LogP contribution in [0.1, 0.15) is 355 Å². The van der Waals surface area contributed by atoms with Crippen LogP contribution < -0.4 is 0 Å². The Labute approximate surface area is 616 Å². The van der Waals surface area contributed by atoms with Crippen LogP contribution in [0.5, 0.6) is 0 Å². The molecule has 0 aliphatic rings. The van der Waals surface area contributed by atoms with Gasteiger partial charge in [0.05, 0.1) is 26.4 Å². The molecule has 0 aromatic carbocycles. The third-order valence-electron chi connectivity index (χ3n) is 17.3. The highest BCUT2D eigenvalue weighted by Crippen LogP contribution is 2.45. The van der Waals surface area contributed by atoms with Crippen molar-refractivity contribution in [3.05, 3.63) is 97.2 Å². The number of phosphoric acid groups is 2. The molecule has 0 heterocycles. The van der Waals surface area contributed by atoms with Crippen LogP contribution in [0.3, 0.4) is 0 Å². The zero-order chi connectivity index (χ0) is 73.7. The van der Waals surface area contributed by atoms with Gasteiger partial charge in [-0.05, 0) is 96.3 Å². The molecule has 0 aliphatic carbocycles. The van der Waals surface area contributed by atoms with Crippen LogP contribution in [-0.2, 0) is 55.8 Å². The standard InChI is InChI=1S/C83H148O16P2/c1-4-7-10-13-16-19-22-25-28-30-31-32-33-34-35-36-37-38-39-40-41-42-43-44-45-47-50-51-54-57-60-63-66-69-81(86)93-72-78(84)73-95-100(89,90)96-74-79(85)75-97-101(91,92)98-77-80(99-83(88)71-68-65-62-59-56-53-48-27-24-21-18-15-12-9-6-3)76-94-82(87)70-67-64-61-58-55-52-49-46-29-26-23-20-17-14-11-8-5-2/h7-8,10-11,16-17,19-20,25-26,28-29,31-32,34-35,78-80,84-85H,4-6,9,12-15,18,21-24,27,30,33,36-77H2,1-3H3,(H,89,90)(H,91,92)/b10-7-,11-8-,19-16-,20-17-,28-25-,29-26-,32-31-,35-34-. The summed E-state index contributed by atoms with van der Waals surface area (Å²) in [6.07, 6.45) is 87.5. The van der Waals surface area contributed by atoms with E-state index < -0.39 is 91.5 Å². The highest BCUT2D eigenvalue weighted by Gasteiger charge is 2.29. The Morgan fingerprint density at radius 2 is 0.525 bits per heavy atom. The Morgan fingerprint density at radius 1 is 0.287 bits per heavy atom. The summed E-state index contributed by atoms with van der Waals surface area (Å²) in [5, 5.41) is 20.6. The van der Waals surface area contributed by atoms with Crippen molar-refractivity contribution in [3.8, 4) is 0 Å². The van der Waals surface area contributed by atoms with Crippen LogP contribution in [-0.4, -0.2) is 95.9 Å². The number of hydrogen-bond donors (Lipinski definition) is 4. The molecule has 5 atom stereocenters. The molecule has 0 amide bonds. The first-order chi connectivity index (χ1) is 49.2. The number of allylic oxidation sites excluding steroid dienone is 16. The minimum absolute atomic E-state index is 0.107. The lowest BCUT2D eigenvalue weighted by Gasteiger charge is -2.21. The Bertz CT molecular complexity index is 2220. The van der Waals surface area contributed by atoms with Gasteiger partial charge in [0.25, 0.3) is 0 Å². The summed E-state index contributed by atoms with van der Waals surface area (Å²) in [5.74, 6) is -1.57. The fourth-order valence-corrected chi connectivity index (χ4v) is 12.8. The maximum absolute atomic E-state index is 13.0. The summed E-state index contributed by atoms with van der Waals surface area (Å²) in [6.45, 7) is 2.50. The van der Waals surface area contributed by atoms with E-state index in [1.54, 1.807) is 0 Å². The highest BCUT2D eigenvalue weighted by molar-refractivity contribution is 7.47. The Balaban J connectivity index is 4.39. The van der Waals surface area contributed by atoms with E-state index in [0.717, 1.165) is 141 Å². The number of phosphoric ester groups is 2. The number of esters is 3. The van der Waals surface area contributed by atoms with Gasteiger partial charge in [0, 0.05) is 19.3 Å². The molecule has 0 fully saturated rings. The molecule has 16 nitrogen and oxygen atoms in total. The lowest BCUT2D eigenvalue weighted by molar-refractivity contribution is -0.161. The lowest BCUT2D eigenvalue weighted by Crippen LogP contribution is -2.30. The number of ether oxygens (including phenoxy) is 3. The van der Waals surface area contributed by atoms with E-state index in [-0.39, 0.29) is 19.3 Å².